The second kappa shape index (κ2) is 10.0. The van der Waals surface area contributed by atoms with Crippen LogP contribution in [0.25, 0.3) is 0 Å². The van der Waals surface area contributed by atoms with Crippen LogP contribution in [-0.4, -0.2) is 21.6 Å². The largest absolute Gasteiger partial charge is 0.349 e. The third kappa shape index (κ3) is 6.38. The molecule has 0 fully saturated rings. The number of nitrogens with one attached hydrogen (secondary N) is 2. The summed E-state index contributed by atoms with van der Waals surface area (Å²) in [6.45, 7) is 4.14. The van der Waals surface area contributed by atoms with E-state index in [2.05, 4.69) is 22.2 Å². The molecule has 1 heterocycles. The average Bonchev–Trinajstić information content (AvgIpc) is 2.60. The Hall–Kier alpha value is -2.08. The lowest BCUT2D eigenvalue weighted by molar-refractivity contribution is -0.119. The average molecular weight is 359 g/mol. The number of hydrogen-bond acceptors (Lipinski definition) is 4. The summed E-state index contributed by atoms with van der Waals surface area (Å²) in [6.07, 6.45) is 3.56. The maximum atomic E-state index is 12.3. The Morgan fingerprint density at radius 2 is 2.00 bits per heavy atom. The van der Waals surface area contributed by atoms with Crippen molar-refractivity contribution >= 4 is 17.7 Å². The molecule has 0 radical (unpaired) electrons. The van der Waals surface area contributed by atoms with E-state index in [-0.39, 0.29) is 23.3 Å². The highest BCUT2D eigenvalue weighted by molar-refractivity contribution is 7.99. The van der Waals surface area contributed by atoms with E-state index in [1.807, 2.05) is 37.3 Å². The van der Waals surface area contributed by atoms with E-state index in [1.165, 1.54) is 17.8 Å². The zero-order valence-corrected chi connectivity index (χ0v) is 15.6. The molecule has 0 aliphatic rings. The van der Waals surface area contributed by atoms with Crippen molar-refractivity contribution in [3.63, 3.8) is 0 Å². The molecular weight excluding hydrogens is 334 g/mol. The zero-order valence-electron chi connectivity index (χ0n) is 14.7. The Bertz CT molecular complexity index is 731. The van der Waals surface area contributed by atoms with Crippen molar-refractivity contribution in [2.45, 2.75) is 50.7 Å². The van der Waals surface area contributed by atoms with Crippen molar-refractivity contribution in [2.75, 3.05) is 5.75 Å². The molecule has 2 rings (SSSR count). The van der Waals surface area contributed by atoms with Crippen molar-refractivity contribution in [3.8, 4) is 0 Å². The van der Waals surface area contributed by atoms with Gasteiger partial charge in [0.25, 0.3) is 5.56 Å². The summed E-state index contributed by atoms with van der Waals surface area (Å²) in [6, 6.07) is 11.5. The van der Waals surface area contributed by atoms with Crippen LogP contribution in [0.4, 0.5) is 0 Å². The predicted molar refractivity (Wildman–Crippen MR) is 102 cm³/mol. The molecule has 1 amide bonds. The van der Waals surface area contributed by atoms with Gasteiger partial charge in [-0.05, 0) is 18.4 Å². The molecule has 1 atom stereocenters. The Labute approximate surface area is 152 Å². The van der Waals surface area contributed by atoms with Crippen molar-refractivity contribution < 1.29 is 4.79 Å². The molecule has 25 heavy (non-hydrogen) atoms. The zero-order chi connectivity index (χ0) is 18.1. The van der Waals surface area contributed by atoms with Crippen molar-refractivity contribution in [1.82, 2.24) is 15.3 Å². The maximum absolute atomic E-state index is 12.3. The number of aromatic nitrogens is 2. The summed E-state index contributed by atoms with van der Waals surface area (Å²) in [5, 5.41) is 3.58. The van der Waals surface area contributed by atoms with Crippen LogP contribution in [0.5, 0.6) is 0 Å². The highest BCUT2D eigenvalue weighted by atomic mass is 32.2. The minimum absolute atomic E-state index is 0.0118. The summed E-state index contributed by atoms with van der Waals surface area (Å²) in [4.78, 5) is 31.1. The van der Waals surface area contributed by atoms with Gasteiger partial charge in [0.15, 0.2) is 5.16 Å². The number of aromatic amines is 1. The number of H-pyrrole nitrogens is 1. The molecule has 134 valence electrons. The number of nitrogens with zero attached hydrogens (tertiary/aromatic N) is 1. The number of thioether (sulfide) groups is 1. The molecule has 6 heteroatoms. The van der Waals surface area contributed by atoms with Gasteiger partial charge in [-0.3, -0.25) is 9.59 Å². The third-order valence-corrected chi connectivity index (χ3v) is 4.61. The first-order valence-electron chi connectivity index (χ1n) is 8.69. The van der Waals surface area contributed by atoms with Gasteiger partial charge >= 0.3 is 0 Å². The van der Waals surface area contributed by atoms with Crippen LogP contribution in [0, 0.1) is 0 Å². The van der Waals surface area contributed by atoms with Crippen LogP contribution < -0.4 is 10.9 Å². The summed E-state index contributed by atoms with van der Waals surface area (Å²) < 4.78 is 0. The molecule has 2 aromatic rings. The topological polar surface area (TPSA) is 74.8 Å². The van der Waals surface area contributed by atoms with E-state index >= 15 is 0 Å². The van der Waals surface area contributed by atoms with Gasteiger partial charge in [0, 0.05) is 11.8 Å². The smallest absolute Gasteiger partial charge is 0.251 e. The minimum atomic E-state index is -0.172. The second-order valence-electron chi connectivity index (χ2n) is 5.90. The molecule has 0 saturated heterocycles. The Morgan fingerprint density at radius 3 is 2.68 bits per heavy atom. The van der Waals surface area contributed by atoms with Gasteiger partial charge in [0.05, 0.1) is 11.8 Å². The second-order valence-corrected chi connectivity index (χ2v) is 6.86. The highest BCUT2D eigenvalue weighted by Gasteiger charge is 2.14. The van der Waals surface area contributed by atoms with Crippen LogP contribution in [0.3, 0.4) is 0 Å². The molecule has 5 nitrogen and oxygen atoms in total. The summed E-state index contributed by atoms with van der Waals surface area (Å²) in [5.41, 5.74) is 1.70. The number of carbonyl (C=O) groups is 1. The molecular formula is C19H25N3O2S. The highest BCUT2D eigenvalue weighted by Crippen LogP contribution is 2.19. The van der Waals surface area contributed by atoms with Crippen molar-refractivity contribution in [3.05, 3.63) is 58.0 Å². The van der Waals surface area contributed by atoms with Crippen LogP contribution >= 0.6 is 11.8 Å². The number of hydrogen-bond donors (Lipinski definition) is 2. The van der Waals surface area contributed by atoms with Gasteiger partial charge in [-0.1, -0.05) is 68.8 Å². The van der Waals surface area contributed by atoms with Crippen molar-refractivity contribution in [2.24, 2.45) is 0 Å². The number of amides is 1. The van der Waals surface area contributed by atoms with Crippen molar-refractivity contribution in [1.29, 1.82) is 0 Å². The quantitative estimate of drug-likeness (QED) is 0.531. The number of aryl methyl sites for hydroxylation is 1. The summed E-state index contributed by atoms with van der Waals surface area (Å²) >= 11 is 1.26. The van der Waals surface area contributed by atoms with Gasteiger partial charge in [-0.25, -0.2) is 4.98 Å². The van der Waals surface area contributed by atoms with Gasteiger partial charge in [0.1, 0.15) is 0 Å². The van der Waals surface area contributed by atoms with Gasteiger partial charge < -0.3 is 10.3 Å². The molecule has 0 saturated carbocycles. The van der Waals surface area contributed by atoms with Gasteiger partial charge in [0.2, 0.25) is 5.91 Å². The lowest BCUT2D eigenvalue weighted by Gasteiger charge is -2.18. The first kappa shape index (κ1) is 19.2. The van der Waals surface area contributed by atoms with E-state index in [4.69, 9.17) is 0 Å². The summed E-state index contributed by atoms with van der Waals surface area (Å²) in [7, 11) is 0. The molecule has 0 aliphatic heterocycles. The lowest BCUT2D eigenvalue weighted by atomic mass is 10.0. The predicted octanol–water partition coefficient (Wildman–Crippen LogP) is 3.47. The SMILES string of the molecule is CCCc1cc(=O)[nH]c(SCC(=O)N[C@@H](CCC)c2ccccc2)n1. The fourth-order valence-corrected chi connectivity index (χ4v) is 3.31. The Kier molecular flexibility index (Phi) is 7.73. The molecule has 0 unspecified atom stereocenters. The third-order valence-electron chi connectivity index (χ3n) is 3.73. The van der Waals surface area contributed by atoms with E-state index in [0.29, 0.717) is 5.16 Å². The van der Waals surface area contributed by atoms with E-state index < -0.39 is 0 Å². The van der Waals surface area contributed by atoms with E-state index in [0.717, 1.165) is 36.9 Å². The molecule has 2 N–H and O–H groups in total. The van der Waals surface area contributed by atoms with Gasteiger partial charge in [-0.2, -0.15) is 0 Å². The van der Waals surface area contributed by atoms with Crippen LogP contribution in [0.15, 0.2) is 46.3 Å². The number of benzene rings is 1. The number of rotatable bonds is 9. The standard InChI is InChI=1S/C19H25N3O2S/c1-3-8-15-12-17(23)22-19(20-15)25-13-18(24)21-16(9-4-2)14-10-6-5-7-11-14/h5-7,10-12,16H,3-4,8-9,13H2,1-2H3,(H,21,24)(H,20,22,23)/t16-/m0/s1. The molecule has 0 aliphatic carbocycles. The van der Waals surface area contributed by atoms with Gasteiger partial charge in [-0.15, -0.1) is 0 Å². The maximum Gasteiger partial charge on any atom is 0.251 e. The van der Waals surface area contributed by atoms with Crippen LogP contribution in [-0.2, 0) is 11.2 Å². The fourth-order valence-electron chi connectivity index (χ4n) is 2.60. The monoisotopic (exact) mass is 359 g/mol. The number of carbonyl (C=O) groups excluding carboxylic acids is 1. The first-order chi connectivity index (χ1) is 12.1. The molecule has 1 aromatic carbocycles. The Balaban J connectivity index is 1.96. The molecule has 0 bridgehead atoms. The van der Waals surface area contributed by atoms with E-state index in [9.17, 15) is 9.59 Å². The van der Waals surface area contributed by atoms with E-state index in [1.54, 1.807) is 0 Å². The lowest BCUT2D eigenvalue weighted by Crippen LogP contribution is -2.30. The first-order valence-corrected chi connectivity index (χ1v) is 9.68. The molecule has 1 aromatic heterocycles. The normalized spacial score (nSPS) is 11.9. The van der Waals surface area contributed by atoms with Crippen LogP contribution in [0.1, 0.15) is 50.4 Å². The minimum Gasteiger partial charge on any atom is -0.349 e. The Morgan fingerprint density at radius 1 is 1.24 bits per heavy atom. The fraction of sp³-hybridized carbons (Fsp3) is 0.421. The summed E-state index contributed by atoms with van der Waals surface area (Å²) in [5.74, 6) is 0.168. The molecule has 0 spiro atoms. The van der Waals surface area contributed by atoms with Crippen LogP contribution in [0.2, 0.25) is 0 Å².